The molecule has 0 fully saturated rings. The molecule has 29 heavy (non-hydrogen) atoms. The minimum Gasteiger partial charge on any atom is -0.339 e. The predicted molar refractivity (Wildman–Crippen MR) is 111 cm³/mol. The summed E-state index contributed by atoms with van der Waals surface area (Å²) in [7, 11) is 0. The molecular weight excluding hydrogens is 392 g/mol. The van der Waals surface area contributed by atoms with Crippen LogP contribution in [-0.4, -0.2) is 50.0 Å². The van der Waals surface area contributed by atoms with E-state index in [2.05, 4.69) is 20.7 Å². The van der Waals surface area contributed by atoms with Crippen LogP contribution >= 0.6 is 11.6 Å². The molecule has 0 unspecified atom stereocenters. The van der Waals surface area contributed by atoms with E-state index in [1.54, 1.807) is 47.4 Å². The maximum absolute atomic E-state index is 12.3. The molecular formula is C20H21ClN6O2. The van der Waals surface area contributed by atoms with Crippen molar-refractivity contribution in [1.29, 1.82) is 0 Å². The summed E-state index contributed by atoms with van der Waals surface area (Å²) in [5.41, 5.74) is 1.88. The first-order valence-electron chi connectivity index (χ1n) is 9.23. The summed E-state index contributed by atoms with van der Waals surface area (Å²) in [6.07, 6.45) is 0. The highest BCUT2D eigenvalue weighted by Crippen LogP contribution is 2.18. The van der Waals surface area contributed by atoms with Gasteiger partial charge in [-0.25, -0.2) is 0 Å². The molecule has 1 aromatic heterocycles. The van der Waals surface area contributed by atoms with Crippen LogP contribution < -0.4 is 5.32 Å². The predicted octanol–water partition coefficient (Wildman–Crippen LogP) is 3.11. The van der Waals surface area contributed by atoms with E-state index < -0.39 is 0 Å². The molecule has 1 N–H and O–H groups in total. The van der Waals surface area contributed by atoms with Gasteiger partial charge < -0.3 is 10.2 Å². The van der Waals surface area contributed by atoms with Gasteiger partial charge in [0, 0.05) is 34.9 Å². The second kappa shape index (κ2) is 9.29. The van der Waals surface area contributed by atoms with Gasteiger partial charge in [0.1, 0.15) is 6.54 Å². The Hall–Kier alpha value is -3.26. The summed E-state index contributed by atoms with van der Waals surface area (Å²) < 4.78 is 0. The second-order valence-electron chi connectivity index (χ2n) is 6.26. The number of hydrogen-bond acceptors (Lipinski definition) is 5. The fourth-order valence-corrected chi connectivity index (χ4v) is 2.96. The number of benzene rings is 2. The van der Waals surface area contributed by atoms with Crippen molar-refractivity contribution in [2.24, 2.45) is 0 Å². The van der Waals surface area contributed by atoms with Crippen LogP contribution in [0.2, 0.25) is 5.02 Å². The average molecular weight is 413 g/mol. The fourth-order valence-electron chi connectivity index (χ4n) is 2.77. The number of nitrogens with one attached hydrogen (secondary N) is 1. The molecule has 0 bridgehead atoms. The second-order valence-corrected chi connectivity index (χ2v) is 6.69. The van der Waals surface area contributed by atoms with Gasteiger partial charge >= 0.3 is 0 Å². The van der Waals surface area contributed by atoms with E-state index in [4.69, 9.17) is 11.6 Å². The van der Waals surface area contributed by atoms with E-state index in [1.165, 1.54) is 4.80 Å². The molecule has 150 valence electrons. The van der Waals surface area contributed by atoms with Crippen molar-refractivity contribution in [2.75, 3.05) is 18.4 Å². The lowest BCUT2D eigenvalue weighted by Crippen LogP contribution is -2.30. The number of anilines is 1. The highest BCUT2D eigenvalue weighted by molar-refractivity contribution is 6.30. The summed E-state index contributed by atoms with van der Waals surface area (Å²) in [5.74, 6) is 0.0515. The minimum atomic E-state index is -0.303. The Morgan fingerprint density at radius 2 is 1.83 bits per heavy atom. The van der Waals surface area contributed by atoms with Crippen LogP contribution in [0, 0.1) is 0 Å². The van der Waals surface area contributed by atoms with E-state index in [0.29, 0.717) is 35.2 Å². The van der Waals surface area contributed by atoms with Gasteiger partial charge in [-0.1, -0.05) is 23.7 Å². The number of carbonyl (C=O) groups is 2. The minimum absolute atomic E-state index is 0.0340. The first kappa shape index (κ1) is 20.5. The molecule has 2 amide bonds. The number of halogens is 1. The number of amides is 2. The van der Waals surface area contributed by atoms with Gasteiger partial charge in [0.2, 0.25) is 11.7 Å². The van der Waals surface area contributed by atoms with E-state index in [0.717, 1.165) is 5.56 Å². The highest BCUT2D eigenvalue weighted by Gasteiger charge is 2.13. The molecule has 0 saturated carbocycles. The summed E-state index contributed by atoms with van der Waals surface area (Å²) in [6.45, 7) is 5.08. The van der Waals surface area contributed by atoms with E-state index >= 15 is 0 Å². The lowest BCUT2D eigenvalue weighted by atomic mass is 10.1. The molecule has 8 nitrogen and oxygen atoms in total. The highest BCUT2D eigenvalue weighted by atomic mass is 35.5. The summed E-state index contributed by atoms with van der Waals surface area (Å²) in [5, 5.41) is 15.4. The van der Waals surface area contributed by atoms with Gasteiger partial charge in [0.25, 0.3) is 5.91 Å². The molecule has 9 heteroatoms. The number of hydrogen-bond donors (Lipinski definition) is 1. The number of rotatable bonds is 7. The molecule has 0 spiro atoms. The van der Waals surface area contributed by atoms with Gasteiger partial charge in [-0.3, -0.25) is 9.59 Å². The van der Waals surface area contributed by atoms with Crippen LogP contribution in [-0.2, 0) is 11.3 Å². The van der Waals surface area contributed by atoms with Crippen LogP contribution in [0.5, 0.6) is 0 Å². The van der Waals surface area contributed by atoms with Crippen LogP contribution in [0.3, 0.4) is 0 Å². The van der Waals surface area contributed by atoms with Crippen molar-refractivity contribution in [2.45, 2.75) is 20.4 Å². The Bertz CT molecular complexity index is 998. The molecule has 0 radical (unpaired) electrons. The van der Waals surface area contributed by atoms with Crippen molar-refractivity contribution in [3.63, 3.8) is 0 Å². The van der Waals surface area contributed by atoms with Gasteiger partial charge in [-0.15, -0.1) is 10.2 Å². The van der Waals surface area contributed by atoms with E-state index in [1.807, 2.05) is 19.9 Å². The first-order chi connectivity index (χ1) is 14.0. The van der Waals surface area contributed by atoms with Gasteiger partial charge in [0.05, 0.1) is 0 Å². The smallest absolute Gasteiger partial charge is 0.253 e. The molecule has 0 atom stereocenters. The van der Waals surface area contributed by atoms with Crippen LogP contribution in [0.1, 0.15) is 24.2 Å². The van der Waals surface area contributed by atoms with Crippen LogP contribution in [0.15, 0.2) is 48.5 Å². The van der Waals surface area contributed by atoms with Crippen LogP contribution in [0.25, 0.3) is 11.4 Å². The third kappa shape index (κ3) is 5.17. The van der Waals surface area contributed by atoms with Gasteiger partial charge in [0.15, 0.2) is 0 Å². The maximum Gasteiger partial charge on any atom is 0.253 e. The molecule has 0 aliphatic heterocycles. The number of tetrazole rings is 1. The van der Waals surface area contributed by atoms with Crippen molar-refractivity contribution in [3.8, 4) is 11.4 Å². The standard InChI is InChI=1S/C20H21ClN6O2/c1-3-26(4-2)20(29)14-8-10-17(11-9-14)22-18(28)13-27-24-19(23-25-27)15-6-5-7-16(21)12-15/h5-12H,3-4,13H2,1-2H3,(H,22,28). The Morgan fingerprint density at radius 3 is 2.48 bits per heavy atom. The monoisotopic (exact) mass is 412 g/mol. The summed E-state index contributed by atoms with van der Waals surface area (Å²) in [6, 6.07) is 13.9. The molecule has 1 heterocycles. The third-order valence-electron chi connectivity index (χ3n) is 4.29. The van der Waals surface area contributed by atoms with E-state index in [9.17, 15) is 9.59 Å². The largest absolute Gasteiger partial charge is 0.339 e. The quantitative estimate of drug-likeness (QED) is 0.643. The maximum atomic E-state index is 12.3. The third-order valence-corrected chi connectivity index (χ3v) is 4.52. The summed E-state index contributed by atoms with van der Waals surface area (Å²) in [4.78, 5) is 27.5. The zero-order valence-electron chi connectivity index (χ0n) is 16.2. The molecule has 0 aliphatic carbocycles. The van der Waals surface area contributed by atoms with Crippen molar-refractivity contribution in [1.82, 2.24) is 25.1 Å². The zero-order chi connectivity index (χ0) is 20.8. The number of carbonyl (C=O) groups excluding carboxylic acids is 2. The van der Waals surface area contributed by atoms with E-state index in [-0.39, 0.29) is 18.4 Å². The first-order valence-corrected chi connectivity index (χ1v) is 9.61. The Balaban J connectivity index is 1.60. The molecule has 3 aromatic rings. The average Bonchev–Trinajstić information content (AvgIpc) is 3.17. The number of aromatic nitrogens is 4. The topological polar surface area (TPSA) is 93.0 Å². The lowest BCUT2D eigenvalue weighted by molar-refractivity contribution is -0.117. The normalized spacial score (nSPS) is 10.6. The molecule has 3 rings (SSSR count). The SMILES string of the molecule is CCN(CC)C(=O)c1ccc(NC(=O)Cn2nnc(-c3cccc(Cl)c3)n2)cc1. The lowest BCUT2D eigenvalue weighted by Gasteiger charge is -2.18. The molecule has 2 aromatic carbocycles. The molecule has 0 aliphatic rings. The summed E-state index contributed by atoms with van der Waals surface area (Å²) >= 11 is 5.97. The fraction of sp³-hybridized carbons (Fsp3) is 0.250. The van der Waals surface area contributed by atoms with Gasteiger partial charge in [-0.05, 0) is 55.5 Å². The van der Waals surface area contributed by atoms with Gasteiger partial charge in [-0.2, -0.15) is 4.80 Å². The molecule has 0 saturated heterocycles. The Morgan fingerprint density at radius 1 is 1.10 bits per heavy atom. The Kier molecular flexibility index (Phi) is 6.56. The van der Waals surface area contributed by atoms with Crippen molar-refractivity contribution in [3.05, 3.63) is 59.1 Å². The zero-order valence-corrected chi connectivity index (χ0v) is 16.9. The van der Waals surface area contributed by atoms with Crippen molar-refractivity contribution >= 4 is 29.1 Å². The Labute approximate surface area is 173 Å². The van der Waals surface area contributed by atoms with Crippen molar-refractivity contribution < 1.29 is 9.59 Å². The van der Waals surface area contributed by atoms with Crippen LogP contribution in [0.4, 0.5) is 5.69 Å². The number of nitrogens with zero attached hydrogens (tertiary/aromatic N) is 5.